The van der Waals surface area contributed by atoms with E-state index in [1.165, 1.54) is 12.3 Å². The predicted octanol–water partition coefficient (Wildman–Crippen LogP) is 3.37. The van der Waals surface area contributed by atoms with Gasteiger partial charge in [-0.2, -0.15) is 5.10 Å². The van der Waals surface area contributed by atoms with Crippen molar-refractivity contribution < 1.29 is 18.8 Å². The van der Waals surface area contributed by atoms with Gasteiger partial charge in [-0.1, -0.05) is 11.6 Å². The molecular formula is C18H20ClN5O4. The Balaban J connectivity index is 1.86. The lowest BCUT2D eigenvalue weighted by Gasteiger charge is -2.15. The minimum Gasteiger partial charge on any atom is -0.491 e. The largest absolute Gasteiger partial charge is 0.491 e. The summed E-state index contributed by atoms with van der Waals surface area (Å²) in [5, 5.41) is 10.9. The van der Waals surface area contributed by atoms with Gasteiger partial charge in [0, 0.05) is 30.4 Å². The van der Waals surface area contributed by atoms with Gasteiger partial charge in [0.1, 0.15) is 18.1 Å². The molecule has 3 N–H and O–H groups in total. The van der Waals surface area contributed by atoms with Crippen LogP contribution in [0.1, 0.15) is 12.7 Å². The van der Waals surface area contributed by atoms with Crippen LogP contribution in [0.5, 0.6) is 11.6 Å². The number of benzene rings is 1. The molecule has 0 spiro atoms. The van der Waals surface area contributed by atoms with Gasteiger partial charge in [0.25, 0.3) is 5.88 Å². The number of ether oxygens (including phenoxy) is 2. The molecule has 0 saturated heterocycles. The SMILES string of the molecule is Cc1cc(OC(=O)Nc2ccc(OC[C@H](C)N)c(-c3c(Cl)cnn3C)c2)no1. The van der Waals surface area contributed by atoms with Crippen LogP contribution in [0.15, 0.2) is 35.0 Å². The van der Waals surface area contributed by atoms with Crippen molar-refractivity contribution in [3.05, 3.63) is 41.2 Å². The standard InChI is InChI=1S/C18H20ClN5O4/c1-10(20)9-26-15-5-4-12(7-13(15)17-14(19)8-21-24(17)3)22-18(25)27-16-6-11(2)28-23-16/h4-8,10H,9,20H2,1-3H3,(H,22,25)/t10-/m0/s1. The van der Waals surface area contributed by atoms with Crippen LogP contribution in [0, 0.1) is 6.92 Å². The van der Waals surface area contributed by atoms with Crippen molar-refractivity contribution in [3.8, 4) is 22.9 Å². The van der Waals surface area contributed by atoms with Gasteiger partial charge in [-0.15, -0.1) is 0 Å². The molecule has 10 heteroatoms. The van der Waals surface area contributed by atoms with Crippen LogP contribution >= 0.6 is 11.6 Å². The van der Waals surface area contributed by atoms with Crippen LogP contribution in [0.2, 0.25) is 5.02 Å². The van der Waals surface area contributed by atoms with Gasteiger partial charge >= 0.3 is 6.09 Å². The Morgan fingerprint density at radius 3 is 2.82 bits per heavy atom. The van der Waals surface area contributed by atoms with Crippen molar-refractivity contribution in [2.75, 3.05) is 11.9 Å². The topological polar surface area (TPSA) is 117 Å². The quantitative estimate of drug-likeness (QED) is 0.645. The van der Waals surface area contributed by atoms with Crippen molar-refractivity contribution in [2.45, 2.75) is 19.9 Å². The molecule has 0 saturated carbocycles. The third-order valence-corrected chi connectivity index (χ3v) is 3.96. The lowest BCUT2D eigenvalue weighted by Crippen LogP contribution is -2.24. The second kappa shape index (κ2) is 8.32. The molecule has 0 aliphatic carbocycles. The van der Waals surface area contributed by atoms with E-state index in [2.05, 4.69) is 15.6 Å². The number of nitrogens with two attached hydrogens (primary N) is 1. The first-order chi connectivity index (χ1) is 13.3. The van der Waals surface area contributed by atoms with E-state index in [-0.39, 0.29) is 11.9 Å². The molecule has 2 aromatic heterocycles. The number of nitrogens with one attached hydrogen (secondary N) is 1. The van der Waals surface area contributed by atoms with Gasteiger partial charge in [-0.05, 0) is 37.2 Å². The van der Waals surface area contributed by atoms with E-state index < -0.39 is 6.09 Å². The molecule has 2 heterocycles. The molecule has 0 unspecified atom stereocenters. The summed E-state index contributed by atoms with van der Waals surface area (Å²) in [6.07, 6.45) is 0.827. The minimum absolute atomic E-state index is 0.0711. The Morgan fingerprint density at radius 2 is 2.21 bits per heavy atom. The molecule has 3 aromatic rings. The van der Waals surface area contributed by atoms with Crippen molar-refractivity contribution in [3.63, 3.8) is 0 Å². The number of carbonyl (C=O) groups excluding carboxylic acids is 1. The summed E-state index contributed by atoms with van der Waals surface area (Å²) >= 11 is 6.29. The van der Waals surface area contributed by atoms with Gasteiger partial charge in [0.15, 0.2) is 0 Å². The highest BCUT2D eigenvalue weighted by molar-refractivity contribution is 6.33. The van der Waals surface area contributed by atoms with Crippen molar-refractivity contribution >= 4 is 23.4 Å². The van der Waals surface area contributed by atoms with Gasteiger partial charge in [0.2, 0.25) is 0 Å². The number of aromatic nitrogens is 3. The molecule has 0 radical (unpaired) electrons. The second-order valence-electron chi connectivity index (χ2n) is 6.25. The minimum atomic E-state index is -0.709. The number of hydrogen-bond acceptors (Lipinski definition) is 7. The zero-order chi connectivity index (χ0) is 20.3. The highest BCUT2D eigenvalue weighted by Crippen LogP contribution is 2.36. The van der Waals surface area contributed by atoms with E-state index in [0.29, 0.717) is 40.1 Å². The van der Waals surface area contributed by atoms with Crippen LogP contribution < -0.4 is 20.5 Å². The molecular weight excluding hydrogens is 386 g/mol. The molecule has 3 rings (SSSR count). The Hall–Kier alpha value is -3.04. The van der Waals surface area contributed by atoms with E-state index in [0.717, 1.165) is 0 Å². The fourth-order valence-electron chi connectivity index (χ4n) is 2.48. The van der Waals surface area contributed by atoms with E-state index >= 15 is 0 Å². The first-order valence-corrected chi connectivity index (χ1v) is 8.83. The maximum absolute atomic E-state index is 12.1. The van der Waals surface area contributed by atoms with Gasteiger partial charge in [0.05, 0.1) is 16.9 Å². The highest BCUT2D eigenvalue weighted by atomic mass is 35.5. The van der Waals surface area contributed by atoms with Gasteiger partial charge < -0.3 is 19.7 Å². The summed E-state index contributed by atoms with van der Waals surface area (Å²) in [5.74, 6) is 1.17. The third kappa shape index (κ3) is 4.62. The van der Waals surface area contributed by atoms with Crippen LogP contribution in [-0.4, -0.2) is 33.7 Å². The first-order valence-electron chi connectivity index (χ1n) is 8.46. The van der Waals surface area contributed by atoms with Crippen molar-refractivity contribution in [2.24, 2.45) is 12.8 Å². The lowest BCUT2D eigenvalue weighted by molar-refractivity contribution is 0.210. The molecule has 0 aliphatic rings. The smallest absolute Gasteiger partial charge is 0.418 e. The maximum Gasteiger partial charge on any atom is 0.418 e. The van der Waals surface area contributed by atoms with E-state index in [1.807, 2.05) is 6.92 Å². The van der Waals surface area contributed by atoms with Gasteiger partial charge in [-0.3, -0.25) is 10.00 Å². The average molecular weight is 406 g/mol. The number of halogens is 1. The normalized spacial score (nSPS) is 11.9. The van der Waals surface area contributed by atoms with E-state index in [9.17, 15) is 4.79 Å². The number of anilines is 1. The molecule has 9 nitrogen and oxygen atoms in total. The Kier molecular flexibility index (Phi) is 5.86. The Bertz CT molecular complexity index is 963. The molecule has 28 heavy (non-hydrogen) atoms. The number of amides is 1. The molecule has 0 aliphatic heterocycles. The monoisotopic (exact) mass is 405 g/mol. The summed E-state index contributed by atoms with van der Waals surface area (Å²) in [6, 6.07) is 6.48. The van der Waals surface area contributed by atoms with Gasteiger partial charge in [-0.25, -0.2) is 4.79 Å². The Labute approximate surface area is 166 Å². The number of aryl methyl sites for hydroxylation is 2. The fraction of sp³-hybridized carbons (Fsp3) is 0.278. The molecule has 1 atom stereocenters. The van der Waals surface area contributed by atoms with Crippen LogP contribution in [0.4, 0.5) is 10.5 Å². The number of nitrogens with zero attached hydrogens (tertiary/aromatic N) is 3. The van der Waals surface area contributed by atoms with E-state index in [4.69, 9.17) is 31.3 Å². The maximum atomic E-state index is 12.1. The van der Waals surface area contributed by atoms with Crippen molar-refractivity contribution in [1.29, 1.82) is 0 Å². The fourth-order valence-corrected chi connectivity index (χ4v) is 2.75. The summed E-state index contributed by atoms with van der Waals surface area (Å²) in [6.45, 7) is 3.86. The predicted molar refractivity (Wildman–Crippen MR) is 104 cm³/mol. The second-order valence-corrected chi connectivity index (χ2v) is 6.66. The molecule has 148 valence electrons. The molecule has 1 amide bonds. The summed E-state index contributed by atoms with van der Waals surface area (Å²) in [4.78, 5) is 12.1. The van der Waals surface area contributed by atoms with Crippen molar-refractivity contribution in [1.82, 2.24) is 14.9 Å². The molecule has 1 aromatic carbocycles. The summed E-state index contributed by atoms with van der Waals surface area (Å²) < 4.78 is 17.4. The average Bonchev–Trinajstić information content (AvgIpc) is 3.18. The Morgan fingerprint density at radius 1 is 1.43 bits per heavy atom. The highest BCUT2D eigenvalue weighted by Gasteiger charge is 2.17. The lowest BCUT2D eigenvalue weighted by atomic mass is 10.1. The van der Waals surface area contributed by atoms with Crippen LogP contribution in [-0.2, 0) is 7.05 Å². The molecule has 0 bridgehead atoms. The zero-order valence-corrected chi connectivity index (χ0v) is 16.4. The van der Waals surface area contributed by atoms with Crippen LogP contribution in [0.3, 0.4) is 0 Å². The third-order valence-electron chi connectivity index (χ3n) is 3.68. The summed E-state index contributed by atoms with van der Waals surface area (Å²) in [7, 11) is 1.76. The number of carbonyl (C=O) groups is 1. The summed E-state index contributed by atoms with van der Waals surface area (Å²) in [5.41, 5.74) is 7.56. The number of hydrogen-bond donors (Lipinski definition) is 2. The van der Waals surface area contributed by atoms with Crippen LogP contribution in [0.25, 0.3) is 11.3 Å². The van der Waals surface area contributed by atoms with E-state index in [1.54, 1.807) is 36.9 Å². The number of rotatable bonds is 6. The zero-order valence-electron chi connectivity index (χ0n) is 15.6. The molecule has 0 fully saturated rings. The first kappa shape index (κ1) is 19.7.